The van der Waals surface area contributed by atoms with Crippen molar-refractivity contribution in [3.8, 4) is 0 Å². The Morgan fingerprint density at radius 3 is 2.56 bits per heavy atom. The minimum absolute atomic E-state index is 0.180. The fourth-order valence-electron chi connectivity index (χ4n) is 1.04. The van der Waals surface area contributed by atoms with Gasteiger partial charge in [-0.15, -0.1) is 0 Å². The van der Waals surface area contributed by atoms with Gasteiger partial charge in [-0.2, -0.15) is 13.2 Å². The van der Waals surface area contributed by atoms with Crippen LogP contribution in [0.3, 0.4) is 0 Å². The average Bonchev–Trinajstić information content (AvgIpc) is 2.73. The molecule has 0 spiro atoms. The number of nitrogens with one attached hydrogen (secondary N) is 1. The smallest absolute Gasteiger partial charge is 0.449 e. The van der Waals surface area contributed by atoms with E-state index in [1.165, 1.54) is 6.92 Å². The molecule has 8 heteroatoms. The van der Waals surface area contributed by atoms with Crippen LogP contribution in [-0.4, -0.2) is 23.5 Å². The number of hydrogen-bond donors (Lipinski definition) is 2. The van der Waals surface area contributed by atoms with Crippen molar-refractivity contribution in [3.05, 3.63) is 23.7 Å². The molecule has 1 unspecified atom stereocenters. The molecule has 0 radical (unpaired) electrons. The van der Waals surface area contributed by atoms with E-state index in [9.17, 15) is 22.8 Å². The maximum absolute atomic E-state index is 12.2. The molecule has 0 bridgehead atoms. The minimum atomic E-state index is -4.66. The lowest BCUT2D eigenvalue weighted by Gasteiger charge is -2.06. The second kappa shape index (κ2) is 5.11. The van der Waals surface area contributed by atoms with Gasteiger partial charge in [-0.25, -0.2) is 0 Å². The summed E-state index contributed by atoms with van der Waals surface area (Å²) in [7, 11) is 0. The summed E-state index contributed by atoms with van der Waals surface area (Å²) in [6.07, 6.45) is -3.99. The van der Waals surface area contributed by atoms with Crippen LogP contribution in [-0.2, 0) is 11.0 Å². The molecule has 100 valence electrons. The number of carboxylic acid groups (broad SMARTS) is 1. The first kappa shape index (κ1) is 14.1. The van der Waals surface area contributed by atoms with E-state index in [1.807, 2.05) is 0 Å². The van der Waals surface area contributed by atoms with Gasteiger partial charge in [-0.3, -0.25) is 9.59 Å². The van der Waals surface area contributed by atoms with Gasteiger partial charge in [0.05, 0.1) is 11.5 Å². The van der Waals surface area contributed by atoms with Crippen LogP contribution in [0, 0.1) is 5.92 Å². The average molecular weight is 265 g/mol. The van der Waals surface area contributed by atoms with Crippen molar-refractivity contribution in [1.29, 1.82) is 0 Å². The zero-order valence-corrected chi connectivity index (χ0v) is 9.25. The molecular formula is C10H10F3NO4. The van der Waals surface area contributed by atoms with Crippen molar-refractivity contribution in [3.63, 3.8) is 0 Å². The van der Waals surface area contributed by atoms with E-state index in [4.69, 9.17) is 5.11 Å². The Kier molecular flexibility index (Phi) is 4.00. The molecule has 1 amide bonds. The van der Waals surface area contributed by atoms with Crippen LogP contribution in [0.5, 0.6) is 0 Å². The van der Waals surface area contributed by atoms with Gasteiger partial charge >= 0.3 is 12.1 Å². The summed E-state index contributed by atoms with van der Waals surface area (Å²) in [5, 5.41) is 10.8. The molecule has 18 heavy (non-hydrogen) atoms. The van der Waals surface area contributed by atoms with Gasteiger partial charge < -0.3 is 14.8 Å². The second-order valence-electron chi connectivity index (χ2n) is 3.65. The second-order valence-corrected chi connectivity index (χ2v) is 3.65. The molecule has 1 rings (SSSR count). The van der Waals surface area contributed by atoms with Gasteiger partial charge in [0, 0.05) is 12.6 Å². The van der Waals surface area contributed by atoms with Crippen molar-refractivity contribution < 1.29 is 32.3 Å². The molecule has 5 nitrogen and oxygen atoms in total. The molecule has 0 aliphatic rings. The molecule has 0 aliphatic carbocycles. The fourth-order valence-corrected chi connectivity index (χ4v) is 1.04. The summed E-state index contributed by atoms with van der Waals surface area (Å²) in [4.78, 5) is 21.8. The van der Waals surface area contributed by atoms with Crippen molar-refractivity contribution in [2.45, 2.75) is 13.1 Å². The number of amides is 1. The predicted octanol–water partition coefficient (Wildman–Crippen LogP) is 1.75. The standard InChI is InChI=1S/C10H10F3NO4/c1-5(9(16)17)3-14-8(15)6-2-7(18-4-6)10(11,12)13/h2,4-5H,3H2,1H3,(H,14,15)(H,16,17). The first-order valence-corrected chi connectivity index (χ1v) is 4.88. The summed E-state index contributed by atoms with van der Waals surface area (Å²) in [5.41, 5.74) is -0.306. The van der Waals surface area contributed by atoms with Crippen molar-refractivity contribution >= 4 is 11.9 Å². The van der Waals surface area contributed by atoms with Crippen LogP contribution in [0.4, 0.5) is 13.2 Å². The summed E-state index contributed by atoms with van der Waals surface area (Å²) < 4.78 is 40.7. The highest BCUT2D eigenvalue weighted by molar-refractivity contribution is 5.94. The van der Waals surface area contributed by atoms with E-state index < -0.39 is 29.7 Å². The molecular weight excluding hydrogens is 255 g/mol. The van der Waals surface area contributed by atoms with Crippen LogP contribution in [0.2, 0.25) is 0 Å². The number of carbonyl (C=O) groups excluding carboxylic acids is 1. The molecule has 0 aliphatic heterocycles. The Morgan fingerprint density at radius 2 is 2.11 bits per heavy atom. The number of carbonyl (C=O) groups is 2. The number of furan rings is 1. The van der Waals surface area contributed by atoms with E-state index >= 15 is 0 Å². The van der Waals surface area contributed by atoms with Crippen molar-refractivity contribution in [2.24, 2.45) is 5.92 Å². The lowest BCUT2D eigenvalue weighted by Crippen LogP contribution is -2.31. The number of carboxylic acids is 1. The molecule has 0 fully saturated rings. The molecule has 0 saturated carbocycles. The first-order valence-electron chi connectivity index (χ1n) is 4.88. The van der Waals surface area contributed by atoms with Crippen LogP contribution >= 0.6 is 0 Å². The zero-order valence-electron chi connectivity index (χ0n) is 9.25. The number of aliphatic carboxylic acids is 1. The third-order valence-electron chi connectivity index (χ3n) is 2.13. The SMILES string of the molecule is CC(CNC(=O)c1coc(C(F)(F)F)c1)C(=O)O. The van der Waals surface area contributed by atoms with E-state index in [1.54, 1.807) is 0 Å². The van der Waals surface area contributed by atoms with Crippen LogP contribution in [0.25, 0.3) is 0 Å². The molecule has 0 aromatic carbocycles. The molecule has 2 N–H and O–H groups in total. The lowest BCUT2D eigenvalue weighted by atomic mass is 10.2. The van der Waals surface area contributed by atoms with Crippen molar-refractivity contribution in [1.82, 2.24) is 5.32 Å². The topological polar surface area (TPSA) is 79.5 Å². The van der Waals surface area contributed by atoms with Crippen LogP contribution < -0.4 is 5.32 Å². The Hall–Kier alpha value is -1.99. The molecule has 1 atom stereocenters. The first-order chi connectivity index (χ1) is 8.21. The quantitative estimate of drug-likeness (QED) is 0.869. The van der Waals surface area contributed by atoms with Crippen LogP contribution in [0.1, 0.15) is 23.0 Å². The summed E-state index contributed by atoms with van der Waals surface area (Å²) in [6, 6.07) is 0.556. The van der Waals surface area contributed by atoms with Gasteiger partial charge in [0.25, 0.3) is 5.91 Å². The Balaban J connectivity index is 2.63. The maximum Gasteiger partial charge on any atom is 0.449 e. The van der Waals surface area contributed by atoms with Gasteiger partial charge in [0.15, 0.2) is 0 Å². The molecule has 1 heterocycles. The van der Waals surface area contributed by atoms with Gasteiger partial charge in [-0.1, -0.05) is 6.92 Å². The minimum Gasteiger partial charge on any atom is -0.481 e. The van der Waals surface area contributed by atoms with E-state index in [0.717, 1.165) is 0 Å². The number of alkyl halides is 3. The largest absolute Gasteiger partial charge is 0.481 e. The van der Waals surface area contributed by atoms with Gasteiger partial charge in [-0.05, 0) is 0 Å². The molecule has 0 saturated heterocycles. The maximum atomic E-state index is 12.2. The Labute approximate surface area is 99.6 Å². The van der Waals surface area contributed by atoms with Gasteiger partial charge in [0.1, 0.15) is 6.26 Å². The summed E-state index contributed by atoms with van der Waals surface area (Å²) in [6.45, 7) is 1.18. The normalized spacial score (nSPS) is 13.1. The predicted molar refractivity (Wildman–Crippen MR) is 52.8 cm³/mol. The monoisotopic (exact) mass is 265 g/mol. The highest BCUT2D eigenvalue weighted by Crippen LogP contribution is 2.30. The summed E-state index contributed by atoms with van der Waals surface area (Å²) >= 11 is 0. The third-order valence-corrected chi connectivity index (χ3v) is 2.13. The van der Waals surface area contributed by atoms with E-state index in [0.29, 0.717) is 12.3 Å². The van der Waals surface area contributed by atoms with Gasteiger partial charge in [0.2, 0.25) is 5.76 Å². The number of halogens is 3. The molecule has 1 aromatic heterocycles. The summed E-state index contributed by atoms with van der Waals surface area (Å²) in [5.74, 6) is -4.04. The Morgan fingerprint density at radius 1 is 1.50 bits per heavy atom. The third kappa shape index (κ3) is 3.51. The number of hydrogen-bond acceptors (Lipinski definition) is 3. The highest BCUT2D eigenvalue weighted by Gasteiger charge is 2.35. The van der Waals surface area contributed by atoms with E-state index in [2.05, 4.69) is 9.73 Å². The number of rotatable bonds is 4. The fraction of sp³-hybridized carbons (Fsp3) is 0.400. The molecule has 1 aromatic rings. The highest BCUT2D eigenvalue weighted by atomic mass is 19.4. The van der Waals surface area contributed by atoms with Crippen molar-refractivity contribution in [2.75, 3.05) is 6.54 Å². The Bertz CT molecular complexity index is 452. The van der Waals surface area contributed by atoms with E-state index in [-0.39, 0.29) is 12.1 Å². The van der Waals surface area contributed by atoms with Crippen LogP contribution in [0.15, 0.2) is 16.7 Å². The lowest BCUT2D eigenvalue weighted by molar-refractivity contribution is -0.153. The zero-order chi connectivity index (χ0) is 13.9.